The van der Waals surface area contributed by atoms with Gasteiger partial charge in [0.05, 0.1) is 12.9 Å². The summed E-state index contributed by atoms with van der Waals surface area (Å²) < 4.78 is 7.08. The maximum atomic E-state index is 12.5. The summed E-state index contributed by atoms with van der Waals surface area (Å²) in [5, 5.41) is 12.2. The van der Waals surface area contributed by atoms with E-state index in [0.717, 1.165) is 28.4 Å². The number of methoxy groups -OCH3 is 1. The Kier molecular flexibility index (Phi) is 6.27. The molecule has 3 rings (SSSR count). The van der Waals surface area contributed by atoms with E-state index < -0.39 is 0 Å². The van der Waals surface area contributed by atoms with Gasteiger partial charge in [0.2, 0.25) is 5.91 Å². The molecule has 7 heteroatoms. The average molecular weight is 411 g/mol. The van der Waals surface area contributed by atoms with Gasteiger partial charge in [-0.25, -0.2) is 0 Å². The van der Waals surface area contributed by atoms with Crippen LogP contribution in [-0.2, 0) is 17.3 Å². The highest BCUT2D eigenvalue weighted by atomic mass is 32.2. The van der Waals surface area contributed by atoms with Crippen LogP contribution in [0.25, 0.3) is 11.4 Å². The molecule has 0 saturated heterocycles. The third-order valence-corrected chi connectivity index (χ3v) is 5.54. The molecule has 0 aliphatic heterocycles. The number of carbonyl (C=O) groups is 1. The Morgan fingerprint density at radius 1 is 1.10 bits per heavy atom. The number of anilines is 1. The maximum absolute atomic E-state index is 12.5. The molecule has 1 heterocycles. The largest absolute Gasteiger partial charge is 0.497 e. The number of nitrogens with one attached hydrogen (secondary N) is 1. The molecule has 1 aromatic heterocycles. The van der Waals surface area contributed by atoms with Gasteiger partial charge in [-0.15, -0.1) is 10.2 Å². The Morgan fingerprint density at radius 2 is 1.79 bits per heavy atom. The van der Waals surface area contributed by atoms with Crippen LogP contribution in [0.1, 0.15) is 26.3 Å². The van der Waals surface area contributed by atoms with Crippen molar-refractivity contribution >= 4 is 23.4 Å². The highest BCUT2D eigenvalue weighted by Gasteiger charge is 2.19. The first kappa shape index (κ1) is 20.9. The fourth-order valence-corrected chi connectivity index (χ4v) is 3.71. The lowest BCUT2D eigenvalue weighted by Crippen LogP contribution is -2.20. The van der Waals surface area contributed by atoms with Gasteiger partial charge in [0.1, 0.15) is 5.75 Å². The standard InChI is InChI=1S/C22H26N4O2S/c1-22(2,3)17-8-6-7-9-18(17)23-19(27)14-29-21-25-24-20(26(21)4)15-10-12-16(28-5)13-11-15/h6-13H,14H2,1-5H3,(H,23,27). The second-order valence-corrected chi connectivity index (χ2v) is 8.67. The smallest absolute Gasteiger partial charge is 0.234 e. The van der Waals surface area contributed by atoms with Crippen molar-refractivity contribution in [3.8, 4) is 17.1 Å². The van der Waals surface area contributed by atoms with E-state index >= 15 is 0 Å². The molecule has 0 unspecified atom stereocenters. The molecule has 3 aromatic rings. The van der Waals surface area contributed by atoms with E-state index in [2.05, 4.69) is 36.3 Å². The quantitative estimate of drug-likeness (QED) is 0.605. The van der Waals surface area contributed by atoms with Gasteiger partial charge in [-0.2, -0.15) is 0 Å². The molecule has 0 aliphatic carbocycles. The lowest BCUT2D eigenvalue weighted by Gasteiger charge is -2.22. The number of hydrogen-bond acceptors (Lipinski definition) is 5. The Labute approximate surface area is 175 Å². The second-order valence-electron chi connectivity index (χ2n) is 7.73. The number of aromatic nitrogens is 3. The highest BCUT2D eigenvalue weighted by molar-refractivity contribution is 7.99. The topological polar surface area (TPSA) is 69.0 Å². The van der Waals surface area contributed by atoms with Gasteiger partial charge in [-0.3, -0.25) is 4.79 Å². The molecule has 2 aromatic carbocycles. The van der Waals surface area contributed by atoms with Crippen molar-refractivity contribution in [1.82, 2.24) is 14.8 Å². The highest BCUT2D eigenvalue weighted by Crippen LogP contribution is 2.30. The van der Waals surface area contributed by atoms with Crippen molar-refractivity contribution in [2.75, 3.05) is 18.2 Å². The Morgan fingerprint density at radius 3 is 2.45 bits per heavy atom. The van der Waals surface area contributed by atoms with Crippen LogP contribution in [0.3, 0.4) is 0 Å². The minimum atomic E-state index is -0.0688. The monoisotopic (exact) mass is 410 g/mol. The van der Waals surface area contributed by atoms with Gasteiger partial charge in [-0.05, 0) is 41.3 Å². The lowest BCUT2D eigenvalue weighted by atomic mass is 9.86. The van der Waals surface area contributed by atoms with Crippen molar-refractivity contribution in [2.24, 2.45) is 7.05 Å². The summed E-state index contributed by atoms with van der Waals surface area (Å²) >= 11 is 1.36. The molecule has 0 atom stereocenters. The molecule has 1 N–H and O–H groups in total. The van der Waals surface area contributed by atoms with E-state index in [-0.39, 0.29) is 17.1 Å². The van der Waals surface area contributed by atoms with E-state index in [4.69, 9.17) is 4.74 Å². The molecular formula is C22H26N4O2S. The predicted octanol–water partition coefficient (Wildman–Crippen LogP) is 4.52. The average Bonchev–Trinajstić information content (AvgIpc) is 3.06. The van der Waals surface area contributed by atoms with Gasteiger partial charge in [0.15, 0.2) is 11.0 Å². The molecule has 0 radical (unpaired) electrons. The summed E-state index contributed by atoms with van der Waals surface area (Å²) in [6, 6.07) is 15.6. The molecule has 0 fully saturated rings. The Hall–Kier alpha value is -2.80. The minimum Gasteiger partial charge on any atom is -0.497 e. The molecule has 29 heavy (non-hydrogen) atoms. The van der Waals surface area contributed by atoms with Crippen LogP contribution in [-0.4, -0.2) is 33.5 Å². The van der Waals surface area contributed by atoms with Crippen LogP contribution >= 0.6 is 11.8 Å². The molecule has 0 aliphatic rings. The van der Waals surface area contributed by atoms with E-state index in [1.165, 1.54) is 11.8 Å². The summed E-state index contributed by atoms with van der Waals surface area (Å²) in [5.41, 5.74) is 2.85. The number of ether oxygens (including phenoxy) is 1. The van der Waals surface area contributed by atoms with E-state index in [0.29, 0.717) is 5.16 Å². The number of nitrogens with zero attached hydrogens (tertiary/aromatic N) is 3. The van der Waals surface area contributed by atoms with Crippen LogP contribution in [0.2, 0.25) is 0 Å². The SMILES string of the molecule is COc1ccc(-c2nnc(SCC(=O)Nc3ccccc3C(C)(C)C)n2C)cc1. The van der Waals surface area contributed by atoms with Crippen LogP contribution in [0.5, 0.6) is 5.75 Å². The Balaban J connectivity index is 1.66. The maximum Gasteiger partial charge on any atom is 0.234 e. The summed E-state index contributed by atoms with van der Waals surface area (Å²) in [6.45, 7) is 6.40. The number of para-hydroxylation sites is 1. The number of amides is 1. The molecule has 152 valence electrons. The zero-order valence-corrected chi connectivity index (χ0v) is 18.2. The van der Waals surface area contributed by atoms with Crippen molar-refractivity contribution in [3.63, 3.8) is 0 Å². The van der Waals surface area contributed by atoms with Crippen molar-refractivity contribution < 1.29 is 9.53 Å². The molecule has 0 bridgehead atoms. The molecular weight excluding hydrogens is 384 g/mol. The predicted molar refractivity (Wildman–Crippen MR) is 117 cm³/mol. The molecule has 0 spiro atoms. The first-order valence-corrected chi connectivity index (χ1v) is 10.3. The third kappa shape index (κ3) is 4.98. The molecule has 6 nitrogen and oxygen atoms in total. The summed E-state index contributed by atoms with van der Waals surface area (Å²) in [7, 11) is 3.53. The summed E-state index contributed by atoms with van der Waals surface area (Å²) in [6.07, 6.45) is 0. The first-order valence-electron chi connectivity index (χ1n) is 9.35. The number of rotatable bonds is 6. The fourth-order valence-electron chi connectivity index (χ4n) is 2.99. The summed E-state index contributed by atoms with van der Waals surface area (Å²) in [4.78, 5) is 12.5. The van der Waals surface area contributed by atoms with E-state index in [9.17, 15) is 4.79 Å². The van der Waals surface area contributed by atoms with Gasteiger partial charge < -0.3 is 14.6 Å². The normalized spacial score (nSPS) is 11.3. The number of thioether (sulfide) groups is 1. The van der Waals surface area contributed by atoms with Crippen molar-refractivity contribution in [1.29, 1.82) is 0 Å². The summed E-state index contributed by atoms with van der Waals surface area (Å²) in [5.74, 6) is 1.72. The number of benzene rings is 2. The number of carbonyl (C=O) groups excluding carboxylic acids is 1. The van der Waals surface area contributed by atoms with Crippen molar-refractivity contribution in [3.05, 3.63) is 54.1 Å². The van der Waals surface area contributed by atoms with Crippen LogP contribution in [0.15, 0.2) is 53.7 Å². The van der Waals surface area contributed by atoms with Gasteiger partial charge >= 0.3 is 0 Å². The van der Waals surface area contributed by atoms with E-state index in [1.54, 1.807) is 7.11 Å². The van der Waals surface area contributed by atoms with Crippen LogP contribution in [0.4, 0.5) is 5.69 Å². The van der Waals surface area contributed by atoms with Crippen molar-refractivity contribution in [2.45, 2.75) is 31.3 Å². The third-order valence-electron chi connectivity index (χ3n) is 4.52. The zero-order valence-electron chi connectivity index (χ0n) is 17.4. The fraction of sp³-hybridized carbons (Fsp3) is 0.318. The van der Waals surface area contributed by atoms with Gasteiger partial charge in [0, 0.05) is 18.3 Å². The van der Waals surface area contributed by atoms with Gasteiger partial charge in [-0.1, -0.05) is 50.7 Å². The minimum absolute atomic E-state index is 0.0477. The van der Waals surface area contributed by atoms with E-state index in [1.807, 2.05) is 60.1 Å². The second kappa shape index (κ2) is 8.69. The first-order chi connectivity index (χ1) is 13.8. The molecule has 1 amide bonds. The lowest BCUT2D eigenvalue weighted by molar-refractivity contribution is -0.113. The molecule has 0 saturated carbocycles. The zero-order chi connectivity index (χ0) is 21.0. The van der Waals surface area contributed by atoms with Gasteiger partial charge in [0.25, 0.3) is 0 Å². The van der Waals surface area contributed by atoms with Crippen LogP contribution in [0, 0.1) is 0 Å². The number of hydrogen-bond donors (Lipinski definition) is 1. The van der Waals surface area contributed by atoms with Crippen LogP contribution < -0.4 is 10.1 Å². The Bertz CT molecular complexity index is 991.